The van der Waals surface area contributed by atoms with E-state index in [1.54, 1.807) is 6.20 Å². The van der Waals surface area contributed by atoms with Crippen molar-refractivity contribution in [3.8, 4) is 6.07 Å². The minimum absolute atomic E-state index is 0.154. The summed E-state index contributed by atoms with van der Waals surface area (Å²) in [7, 11) is 0. The molecule has 0 amide bonds. The van der Waals surface area contributed by atoms with E-state index in [0.717, 1.165) is 6.07 Å². The van der Waals surface area contributed by atoms with Crippen molar-refractivity contribution in [3.63, 3.8) is 0 Å². The van der Waals surface area contributed by atoms with Crippen molar-refractivity contribution >= 4 is 5.69 Å². The Bertz CT molecular complexity index is 645. The maximum Gasteiger partial charge on any atom is 0.272 e. The number of nitriles is 1. The largest absolute Gasteiger partial charge is 0.318 e. The van der Waals surface area contributed by atoms with Crippen molar-refractivity contribution in [2.45, 2.75) is 6.54 Å². The van der Waals surface area contributed by atoms with Crippen LogP contribution >= 0.6 is 0 Å². The molecule has 0 spiro atoms. The van der Waals surface area contributed by atoms with Crippen molar-refractivity contribution in [2.75, 3.05) is 0 Å². The van der Waals surface area contributed by atoms with Crippen molar-refractivity contribution in [1.82, 2.24) is 9.55 Å². The second kappa shape index (κ2) is 4.63. The quantitative estimate of drug-likeness (QED) is 0.611. The second-order valence-corrected chi connectivity index (χ2v) is 3.57. The Labute approximate surface area is 101 Å². The van der Waals surface area contributed by atoms with Gasteiger partial charge >= 0.3 is 0 Å². The van der Waals surface area contributed by atoms with Crippen LogP contribution in [0.15, 0.2) is 30.6 Å². The molecule has 0 bridgehead atoms. The van der Waals surface area contributed by atoms with E-state index in [-0.39, 0.29) is 18.1 Å². The van der Waals surface area contributed by atoms with Gasteiger partial charge in [-0.15, -0.1) is 0 Å². The van der Waals surface area contributed by atoms with Gasteiger partial charge in [0.2, 0.25) is 5.82 Å². The molecule has 0 N–H and O–H groups in total. The first-order chi connectivity index (χ1) is 8.60. The van der Waals surface area contributed by atoms with Crippen molar-refractivity contribution in [3.05, 3.63) is 57.9 Å². The van der Waals surface area contributed by atoms with E-state index in [1.165, 1.54) is 22.9 Å². The molecule has 0 aliphatic carbocycles. The standard InChI is InChI=1S/C11H7FN4O2/c12-9-3-8(4-10(5-9)16(17)18)7-15-2-1-14-11(15)6-13/h1-5H,7H2. The molecule has 1 heterocycles. The Morgan fingerprint density at radius 2 is 2.28 bits per heavy atom. The van der Waals surface area contributed by atoms with Gasteiger partial charge in [-0.25, -0.2) is 9.37 Å². The molecular formula is C11H7FN4O2. The van der Waals surface area contributed by atoms with Crippen LogP contribution in [0.4, 0.5) is 10.1 Å². The van der Waals surface area contributed by atoms with Gasteiger partial charge in [0.25, 0.3) is 5.69 Å². The van der Waals surface area contributed by atoms with E-state index in [1.807, 2.05) is 6.07 Å². The minimum atomic E-state index is -0.683. The number of aromatic nitrogens is 2. The summed E-state index contributed by atoms with van der Waals surface area (Å²) in [6, 6.07) is 5.18. The minimum Gasteiger partial charge on any atom is -0.318 e. The van der Waals surface area contributed by atoms with E-state index in [9.17, 15) is 14.5 Å². The highest BCUT2D eigenvalue weighted by atomic mass is 19.1. The number of hydrogen-bond donors (Lipinski definition) is 0. The normalized spacial score (nSPS) is 10.0. The average molecular weight is 246 g/mol. The number of benzene rings is 1. The molecule has 0 unspecified atom stereocenters. The van der Waals surface area contributed by atoms with E-state index >= 15 is 0 Å². The Balaban J connectivity index is 2.35. The van der Waals surface area contributed by atoms with Gasteiger partial charge in [0.1, 0.15) is 11.9 Å². The zero-order valence-corrected chi connectivity index (χ0v) is 9.08. The fourth-order valence-corrected chi connectivity index (χ4v) is 1.58. The summed E-state index contributed by atoms with van der Waals surface area (Å²) in [5, 5.41) is 19.4. The lowest BCUT2D eigenvalue weighted by atomic mass is 10.2. The lowest BCUT2D eigenvalue weighted by Gasteiger charge is -2.04. The Kier molecular flexibility index (Phi) is 3.02. The highest BCUT2D eigenvalue weighted by Gasteiger charge is 2.11. The van der Waals surface area contributed by atoms with Crippen molar-refractivity contribution in [2.24, 2.45) is 0 Å². The number of rotatable bonds is 3. The smallest absolute Gasteiger partial charge is 0.272 e. The van der Waals surface area contributed by atoms with Gasteiger partial charge in [0.05, 0.1) is 17.5 Å². The van der Waals surface area contributed by atoms with Crippen LogP contribution in [0.1, 0.15) is 11.4 Å². The Hall–Kier alpha value is -2.75. The summed E-state index contributed by atoms with van der Waals surface area (Å²) in [6.07, 6.45) is 2.99. The molecule has 7 heteroatoms. The molecule has 0 atom stereocenters. The van der Waals surface area contributed by atoms with Gasteiger partial charge in [0.15, 0.2) is 0 Å². The molecule has 90 valence electrons. The molecule has 0 aliphatic heterocycles. The summed E-state index contributed by atoms with van der Waals surface area (Å²) in [6.45, 7) is 0.154. The van der Waals surface area contributed by atoms with Crippen molar-refractivity contribution < 1.29 is 9.31 Å². The highest BCUT2D eigenvalue weighted by molar-refractivity contribution is 5.35. The Morgan fingerprint density at radius 3 is 2.94 bits per heavy atom. The highest BCUT2D eigenvalue weighted by Crippen LogP contribution is 2.17. The van der Waals surface area contributed by atoms with Gasteiger partial charge in [-0.1, -0.05) is 0 Å². The third-order valence-electron chi connectivity index (χ3n) is 2.32. The fraction of sp³-hybridized carbons (Fsp3) is 0.0909. The van der Waals surface area contributed by atoms with E-state index in [4.69, 9.17) is 5.26 Å². The predicted molar refractivity (Wildman–Crippen MR) is 59.1 cm³/mol. The monoisotopic (exact) mass is 246 g/mol. The van der Waals surface area contributed by atoms with E-state index < -0.39 is 10.7 Å². The first-order valence-electron chi connectivity index (χ1n) is 4.95. The number of nitro benzene ring substituents is 1. The molecule has 2 rings (SSSR count). The number of hydrogen-bond acceptors (Lipinski definition) is 4. The van der Waals surface area contributed by atoms with Gasteiger partial charge in [0, 0.05) is 18.5 Å². The molecule has 0 aliphatic rings. The lowest BCUT2D eigenvalue weighted by Crippen LogP contribution is -2.02. The van der Waals surface area contributed by atoms with Crippen LogP contribution in [0.5, 0.6) is 0 Å². The van der Waals surface area contributed by atoms with Crippen LogP contribution in [0, 0.1) is 27.3 Å². The third kappa shape index (κ3) is 2.32. The lowest BCUT2D eigenvalue weighted by molar-refractivity contribution is -0.385. The molecule has 6 nitrogen and oxygen atoms in total. The third-order valence-corrected chi connectivity index (χ3v) is 2.32. The fourth-order valence-electron chi connectivity index (χ4n) is 1.58. The van der Waals surface area contributed by atoms with Crippen LogP contribution in [-0.2, 0) is 6.54 Å². The maximum atomic E-state index is 13.2. The summed E-state index contributed by atoms with van der Waals surface area (Å²) >= 11 is 0. The summed E-state index contributed by atoms with van der Waals surface area (Å²) in [5.74, 6) is -0.514. The zero-order chi connectivity index (χ0) is 13.1. The summed E-state index contributed by atoms with van der Waals surface area (Å²) in [5.41, 5.74) is 0.0832. The molecule has 1 aromatic carbocycles. The second-order valence-electron chi connectivity index (χ2n) is 3.57. The van der Waals surface area contributed by atoms with Crippen LogP contribution in [0.2, 0.25) is 0 Å². The molecule has 18 heavy (non-hydrogen) atoms. The summed E-state index contributed by atoms with van der Waals surface area (Å²) < 4.78 is 14.7. The maximum absolute atomic E-state index is 13.2. The molecule has 0 saturated carbocycles. The van der Waals surface area contributed by atoms with E-state index in [0.29, 0.717) is 5.56 Å². The molecule has 1 aromatic heterocycles. The number of halogens is 1. The average Bonchev–Trinajstić information content (AvgIpc) is 2.75. The first-order valence-corrected chi connectivity index (χ1v) is 4.95. The zero-order valence-electron chi connectivity index (χ0n) is 9.08. The molecule has 0 radical (unpaired) electrons. The van der Waals surface area contributed by atoms with Crippen LogP contribution in [-0.4, -0.2) is 14.5 Å². The SMILES string of the molecule is N#Cc1nccn1Cc1cc(F)cc([N+](=O)[O-])c1. The molecule has 0 saturated heterocycles. The van der Waals surface area contributed by atoms with Crippen LogP contribution in [0.25, 0.3) is 0 Å². The molecule has 0 fully saturated rings. The van der Waals surface area contributed by atoms with Crippen molar-refractivity contribution in [1.29, 1.82) is 5.26 Å². The van der Waals surface area contributed by atoms with Gasteiger partial charge in [-0.3, -0.25) is 10.1 Å². The van der Waals surface area contributed by atoms with Gasteiger partial charge in [-0.2, -0.15) is 5.26 Å². The summed E-state index contributed by atoms with van der Waals surface area (Å²) in [4.78, 5) is 13.7. The van der Waals surface area contributed by atoms with Crippen LogP contribution in [0.3, 0.4) is 0 Å². The first kappa shape index (κ1) is 11.7. The molecule has 2 aromatic rings. The predicted octanol–water partition coefficient (Wildman–Crippen LogP) is 1.85. The van der Waals surface area contributed by atoms with Gasteiger partial charge in [-0.05, 0) is 11.6 Å². The number of imidazole rings is 1. The number of nitrogens with zero attached hydrogens (tertiary/aromatic N) is 4. The number of nitro groups is 1. The topological polar surface area (TPSA) is 84.8 Å². The molecular weight excluding hydrogens is 239 g/mol. The van der Waals surface area contributed by atoms with Crippen LogP contribution < -0.4 is 0 Å². The van der Waals surface area contributed by atoms with E-state index in [2.05, 4.69) is 4.98 Å². The Morgan fingerprint density at radius 1 is 1.50 bits per heavy atom. The number of non-ortho nitro benzene ring substituents is 1. The van der Waals surface area contributed by atoms with Gasteiger partial charge < -0.3 is 4.57 Å².